The van der Waals surface area contributed by atoms with E-state index < -0.39 is 12.2 Å². The van der Waals surface area contributed by atoms with Gasteiger partial charge in [-0.3, -0.25) is 0 Å². The number of rotatable bonds is 1. The standard InChI is InChI=1S/C6H13NO3/c1-3-5(9)6(10)4(2-8)7-3/h3-10H,2H2,1H3/t3?,4-,5+,6?/m0/s1. The molecule has 0 saturated carbocycles. The van der Waals surface area contributed by atoms with Crippen LogP contribution in [0.5, 0.6) is 0 Å². The number of nitrogens with one attached hydrogen (secondary N) is 1. The summed E-state index contributed by atoms with van der Waals surface area (Å²) >= 11 is 0. The topological polar surface area (TPSA) is 72.7 Å². The highest BCUT2D eigenvalue weighted by Crippen LogP contribution is 2.12. The molecule has 0 spiro atoms. The Morgan fingerprint density at radius 2 is 1.90 bits per heavy atom. The van der Waals surface area contributed by atoms with E-state index in [1.165, 1.54) is 0 Å². The number of hydrogen-bond donors (Lipinski definition) is 4. The highest BCUT2D eigenvalue weighted by molar-refractivity contribution is 4.95. The maximum atomic E-state index is 9.16. The summed E-state index contributed by atoms with van der Waals surface area (Å²) < 4.78 is 0. The molecule has 1 fully saturated rings. The van der Waals surface area contributed by atoms with Crippen LogP contribution in [0.15, 0.2) is 0 Å². The third kappa shape index (κ3) is 1.15. The van der Waals surface area contributed by atoms with Crippen molar-refractivity contribution in [1.82, 2.24) is 5.32 Å². The van der Waals surface area contributed by atoms with Gasteiger partial charge in [-0.25, -0.2) is 0 Å². The lowest BCUT2D eigenvalue weighted by Crippen LogP contribution is -2.36. The lowest BCUT2D eigenvalue weighted by atomic mass is 10.1. The molecule has 0 aromatic rings. The first kappa shape index (κ1) is 7.94. The van der Waals surface area contributed by atoms with Gasteiger partial charge in [-0.2, -0.15) is 0 Å². The molecule has 0 aliphatic carbocycles. The third-order valence-corrected chi connectivity index (χ3v) is 1.95. The van der Waals surface area contributed by atoms with E-state index >= 15 is 0 Å². The molecule has 10 heavy (non-hydrogen) atoms. The number of aliphatic hydroxyl groups is 3. The van der Waals surface area contributed by atoms with Gasteiger partial charge in [-0.1, -0.05) is 0 Å². The molecule has 60 valence electrons. The number of hydrogen-bond acceptors (Lipinski definition) is 4. The molecule has 0 bridgehead atoms. The molecule has 4 atom stereocenters. The van der Waals surface area contributed by atoms with E-state index in [0.717, 1.165) is 0 Å². The summed E-state index contributed by atoms with van der Waals surface area (Å²) in [6, 6.07) is -0.503. The lowest BCUT2D eigenvalue weighted by Gasteiger charge is -2.11. The Hall–Kier alpha value is -0.160. The van der Waals surface area contributed by atoms with Gasteiger partial charge in [0.1, 0.15) is 0 Å². The molecule has 4 nitrogen and oxygen atoms in total. The van der Waals surface area contributed by atoms with E-state index in [1.807, 2.05) is 0 Å². The Morgan fingerprint density at radius 1 is 1.30 bits per heavy atom. The van der Waals surface area contributed by atoms with Crippen molar-refractivity contribution in [2.75, 3.05) is 6.61 Å². The first-order chi connectivity index (χ1) is 4.66. The average Bonchev–Trinajstić information content (AvgIpc) is 2.17. The first-order valence-electron chi connectivity index (χ1n) is 3.40. The molecule has 1 aliphatic heterocycles. The molecule has 1 saturated heterocycles. The Morgan fingerprint density at radius 3 is 2.10 bits per heavy atom. The molecule has 1 rings (SSSR count). The summed E-state index contributed by atoms with van der Waals surface area (Å²) in [5.74, 6) is 0. The van der Waals surface area contributed by atoms with Gasteiger partial charge in [0.25, 0.3) is 0 Å². The van der Waals surface area contributed by atoms with Crippen LogP contribution in [0, 0.1) is 0 Å². The maximum Gasteiger partial charge on any atom is 0.0989 e. The average molecular weight is 147 g/mol. The van der Waals surface area contributed by atoms with Gasteiger partial charge < -0.3 is 20.6 Å². The van der Waals surface area contributed by atoms with Crippen LogP contribution in [0.2, 0.25) is 0 Å². The second kappa shape index (κ2) is 2.84. The molecule has 1 heterocycles. The minimum absolute atomic E-state index is 0.132. The van der Waals surface area contributed by atoms with Crippen LogP contribution in [-0.4, -0.2) is 46.2 Å². The summed E-state index contributed by atoms with van der Waals surface area (Å²) in [7, 11) is 0. The highest BCUT2D eigenvalue weighted by Gasteiger charge is 2.37. The fourth-order valence-electron chi connectivity index (χ4n) is 1.23. The first-order valence-corrected chi connectivity index (χ1v) is 3.40. The molecule has 0 radical (unpaired) electrons. The van der Waals surface area contributed by atoms with Crippen LogP contribution in [0.1, 0.15) is 6.92 Å². The van der Waals surface area contributed by atoms with E-state index in [-0.39, 0.29) is 18.7 Å². The Balaban J connectivity index is 2.53. The second-order valence-electron chi connectivity index (χ2n) is 2.73. The monoisotopic (exact) mass is 147 g/mol. The zero-order valence-electron chi connectivity index (χ0n) is 5.86. The van der Waals surface area contributed by atoms with Crippen LogP contribution in [-0.2, 0) is 0 Å². The van der Waals surface area contributed by atoms with Gasteiger partial charge in [0, 0.05) is 6.04 Å². The second-order valence-corrected chi connectivity index (χ2v) is 2.73. The summed E-state index contributed by atoms with van der Waals surface area (Å²) in [6.07, 6.45) is -1.59. The molecule has 0 aromatic heterocycles. The van der Waals surface area contributed by atoms with Crippen molar-refractivity contribution in [2.24, 2.45) is 0 Å². The van der Waals surface area contributed by atoms with E-state index in [0.29, 0.717) is 0 Å². The Kier molecular flexibility index (Phi) is 2.25. The van der Waals surface area contributed by atoms with Crippen molar-refractivity contribution < 1.29 is 15.3 Å². The van der Waals surface area contributed by atoms with E-state index in [2.05, 4.69) is 5.32 Å². The SMILES string of the molecule is CC1N[C@@H](CO)C(O)[C@@H]1O. The fraction of sp³-hybridized carbons (Fsp3) is 1.00. The highest BCUT2D eigenvalue weighted by atomic mass is 16.3. The lowest BCUT2D eigenvalue weighted by molar-refractivity contribution is 0.0214. The van der Waals surface area contributed by atoms with E-state index in [9.17, 15) is 0 Å². The van der Waals surface area contributed by atoms with Crippen molar-refractivity contribution in [1.29, 1.82) is 0 Å². The normalized spacial score (nSPS) is 48.0. The zero-order valence-corrected chi connectivity index (χ0v) is 5.86. The predicted octanol–water partition coefficient (Wildman–Crippen LogP) is -1.94. The van der Waals surface area contributed by atoms with Crippen LogP contribution >= 0.6 is 0 Å². The molecule has 4 heteroatoms. The van der Waals surface area contributed by atoms with Crippen molar-refractivity contribution in [3.63, 3.8) is 0 Å². The van der Waals surface area contributed by atoms with E-state index in [1.54, 1.807) is 6.92 Å². The van der Waals surface area contributed by atoms with Crippen molar-refractivity contribution in [2.45, 2.75) is 31.2 Å². The molecule has 1 aliphatic rings. The maximum absolute atomic E-state index is 9.16. The van der Waals surface area contributed by atoms with Gasteiger partial charge >= 0.3 is 0 Å². The van der Waals surface area contributed by atoms with Gasteiger partial charge in [0.05, 0.1) is 24.9 Å². The van der Waals surface area contributed by atoms with Gasteiger partial charge in [-0.05, 0) is 6.92 Å². The number of aliphatic hydroxyl groups excluding tert-OH is 3. The summed E-state index contributed by atoms with van der Waals surface area (Å²) in [5, 5.41) is 29.8. The van der Waals surface area contributed by atoms with Gasteiger partial charge in [-0.15, -0.1) is 0 Å². The summed E-state index contributed by atoms with van der Waals surface area (Å²) in [5.41, 5.74) is 0. The van der Waals surface area contributed by atoms with Crippen molar-refractivity contribution in [3.05, 3.63) is 0 Å². The minimum atomic E-state index is -0.833. The van der Waals surface area contributed by atoms with E-state index in [4.69, 9.17) is 15.3 Å². The van der Waals surface area contributed by atoms with Crippen LogP contribution in [0.3, 0.4) is 0 Å². The quantitative estimate of drug-likeness (QED) is 0.348. The van der Waals surface area contributed by atoms with Gasteiger partial charge in [0.2, 0.25) is 0 Å². The minimum Gasteiger partial charge on any atom is -0.395 e. The predicted molar refractivity (Wildman–Crippen MR) is 35.5 cm³/mol. The molecule has 0 amide bonds. The smallest absolute Gasteiger partial charge is 0.0989 e. The van der Waals surface area contributed by atoms with Crippen molar-refractivity contribution in [3.8, 4) is 0 Å². The van der Waals surface area contributed by atoms with Crippen LogP contribution < -0.4 is 5.32 Å². The van der Waals surface area contributed by atoms with Crippen LogP contribution in [0.25, 0.3) is 0 Å². The van der Waals surface area contributed by atoms with Gasteiger partial charge in [0.15, 0.2) is 0 Å². The molecular formula is C6H13NO3. The zero-order chi connectivity index (χ0) is 7.72. The summed E-state index contributed by atoms with van der Waals surface area (Å²) in [4.78, 5) is 0. The molecular weight excluding hydrogens is 134 g/mol. The summed E-state index contributed by atoms with van der Waals surface area (Å²) in [6.45, 7) is 1.63. The largest absolute Gasteiger partial charge is 0.395 e. The molecule has 2 unspecified atom stereocenters. The van der Waals surface area contributed by atoms with Crippen LogP contribution in [0.4, 0.5) is 0 Å². The Bertz CT molecular complexity index is 120. The third-order valence-electron chi connectivity index (χ3n) is 1.95. The van der Waals surface area contributed by atoms with Crippen molar-refractivity contribution >= 4 is 0 Å². The Labute approximate surface area is 59.5 Å². The fourth-order valence-corrected chi connectivity index (χ4v) is 1.23. The molecule has 0 aromatic carbocycles. The molecule has 4 N–H and O–H groups in total.